The molecular formula is C18H15Br2N3O. The third kappa shape index (κ3) is 3.06. The quantitative estimate of drug-likeness (QED) is 0.644. The molecule has 1 aliphatic heterocycles. The van der Waals surface area contributed by atoms with Gasteiger partial charge in [-0.15, -0.1) is 0 Å². The Kier molecular flexibility index (Phi) is 4.28. The predicted molar refractivity (Wildman–Crippen MR) is 102 cm³/mol. The van der Waals surface area contributed by atoms with Crippen molar-refractivity contribution in [3.8, 4) is 0 Å². The van der Waals surface area contributed by atoms with Crippen molar-refractivity contribution in [1.29, 1.82) is 0 Å². The summed E-state index contributed by atoms with van der Waals surface area (Å²) >= 11 is 6.92. The number of fused-ring (bicyclic) bond motifs is 2. The lowest BCUT2D eigenvalue weighted by atomic mass is 10.00. The Hall–Kier alpha value is -1.50. The van der Waals surface area contributed by atoms with Gasteiger partial charge in [0.05, 0.1) is 17.4 Å². The highest BCUT2D eigenvalue weighted by Gasteiger charge is 2.17. The second kappa shape index (κ2) is 6.43. The first-order chi connectivity index (χ1) is 11.6. The van der Waals surface area contributed by atoms with Gasteiger partial charge in [0.15, 0.2) is 0 Å². The van der Waals surface area contributed by atoms with Gasteiger partial charge in [0.2, 0.25) is 0 Å². The molecule has 1 aromatic heterocycles. The van der Waals surface area contributed by atoms with E-state index in [2.05, 4.69) is 71.0 Å². The summed E-state index contributed by atoms with van der Waals surface area (Å²) in [5, 5.41) is 0.587. The first kappa shape index (κ1) is 16.0. The van der Waals surface area contributed by atoms with Crippen molar-refractivity contribution in [2.75, 3.05) is 6.54 Å². The minimum absolute atomic E-state index is 0.102. The summed E-state index contributed by atoms with van der Waals surface area (Å²) in [4.78, 5) is 22.3. The summed E-state index contributed by atoms with van der Waals surface area (Å²) < 4.78 is 1.68. The van der Waals surface area contributed by atoms with Gasteiger partial charge in [0, 0.05) is 22.0 Å². The van der Waals surface area contributed by atoms with Crippen LogP contribution in [0.25, 0.3) is 10.9 Å². The fourth-order valence-corrected chi connectivity index (χ4v) is 4.50. The Bertz CT molecular complexity index is 984. The summed E-state index contributed by atoms with van der Waals surface area (Å²) in [6, 6.07) is 12.2. The van der Waals surface area contributed by atoms with Crippen molar-refractivity contribution in [1.82, 2.24) is 14.9 Å². The van der Waals surface area contributed by atoms with Crippen LogP contribution in [0.2, 0.25) is 0 Å². The Labute approximate surface area is 156 Å². The van der Waals surface area contributed by atoms with Crippen LogP contribution in [0.5, 0.6) is 0 Å². The summed E-state index contributed by atoms with van der Waals surface area (Å²) in [5.41, 5.74) is 3.38. The van der Waals surface area contributed by atoms with Crippen LogP contribution in [0.15, 0.2) is 50.1 Å². The zero-order valence-corrected chi connectivity index (χ0v) is 16.0. The highest BCUT2D eigenvalue weighted by molar-refractivity contribution is 9.11. The first-order valence-corrected chi connectivity index (χ1v) is 9.36. The molecule has 1 aliphatic rings. The molecule has 1 N–H and O–H groups in total. The smallest absolute Gasteiger partial charge is 0.258 e. The van der Waals surface area contributed by atoms with Crippen LogP contribution in [-0.4, -0.2) is 21.4 Å². The fourth-order valence-electron chi connectivity index (χ4n) is 3.19. The number of aromatic nitrogens is 2. The van der Waals surface area contributed by atoms with Crippen molar-refractivity contribution >= 4 is 42.8 Å². The zero-order valence-electron chi connectivity index (χ0n) is 12.9. The average molecular weight is 449 g/mol. The number of hydrogen-bond donors (Lipinski definition) is 1. The number of aromatic amines is 1. The molecule has 2 aromatic carbocycles. The fraction of sp³-hybridized carbons (Fsp3) is 0.222. The SMILES string of the molecule is O=c1[nH]c(CN2CCc3ccccc3C2)nc2c(Br)cc(Br)cc12. The Morgan fingerprint density at radius 3 is 2.79 bits per heavy atom. The van der Waals surface area contributed by atoms with Crippen molar-refractivity contribution in [2.45, 2.75) is 19.5 Å². The van der Waals surface area contributed by atoms with Crippen molar-refractivity contribution < 1.29 is 0 Å². The summed E-state index contributed by atoms with van der Waals surface area (Å²) in [7, 11) is 0. The summed E-state index contributed by atoms with van der Waals surface area (Å²) in [5.74, 6) is 0.704. The van der Waals surface area contributed by atoms with Crippen LogP contribution in [0.1, 0.15) is 17.0 Å². The average Bonchev–Trinajstić information content (AvgIpc) is 2.56. The molecule has 24 heavy (non-hydrogen) atoms. The van der Waals surface area contributed by atoms with Crippen molar-refractivity contribution in [3.63, 3.8) is 0 Å². The molecule has 0 bridgehead atoms. The van der Waals surface area contributed by atoms with E-state index in [1.165, 1.54) is 11.1 Å². The van der Waals surface area contributed by atoms with Crippen LogP contribution in [0.3, 0.4) is 0 Å². The van der Waals surface area contributed by atoms with Gasteiger partial charge in [-0.2, -0.15) is 0 Å². The maximum atomic E-state index is 12.4. The molecule has 0 aliphatic carbocycles. The Balaban J connectivity index is 1.65. The minimum Gasteiger partial charge on any atom is -0.309 e. The van der Waals surface area contributed by atoms with E-state index in [0.717, 1.165) is 28.5 Å². The van der Waals surface area contributed by atoms with E-state index in [9.17, 15) is 4.79 Å². The van der Waals surface area contributed by atoms with Gasteiger partial charge < -0.3 is 4.98 Å². The number of halogens is 2. The molecule has 0 saturated heterocycles. The monoisotopic (exact) mass is 447 g/mol. The molecule has 0 spiro atoms. The molecule has 4 nitrogen and oxygen atoms in total. The van der Waals surface area contributed by atoms with Crippen molar-refractivity contribution in [3.05, 3.63) is 72.6 Å². The van der Waals surface area contributed by atoms with Crippen molar-refractivity contribution in [2.24, 2.45) is 0 Å². The van der Waals surface area contributed by atoms with E-state index in [0.29, 0.717) is 23.3 Å². The van der Waals surface area contributed by atoms with Crippen LogP contribution >= 0.6 is 31.9 Å². The van der Waals surface area contributed by atoms with E-state index >= 15 is 0 Å². The largest absolute Gasteiger partial charge is 0.309 e. The van der Waals surface area contributed by atoms with Crippen LogP contribution < -0.4 is 5.56 Å². The molecule has 3 aromatic rings. The number of nitrogens with zero attached hydrogens (tertiary/aromatic N) is 2. The van der Waals surface area contributed by atoms with Gasteiger partial charge in [-0.3, -0.25) is 9.69 Å². The number of nitrogens with one attached hydrogen (secondary N) is 1. The topological polar surface area (TPSA) is 49.0 Å². The maximum absolute atomic E-state index is 12.4. The summed E-state index contributed by atoms with van der Waals surface area (Å²) in [6.07, 6.45) is 1.03. The van der Waals surface area contributed by atoms with E-state index in [1.807, 2.05) is 6.07 Å². The normalized spacial score (nSPS) is 14.8. The third-order valence-electron chi connectivity index (χ3n) is 4.36. The standard InChI is InChI=1S/C18H15Br2N3O/c19-13-7-14-17(15(20)8-13)21-16(22-18(14)24)10-23-6-5-11-3-1-2-4-12(11)9-23/h1-4,7-8H,5-6,9-10H2,(H,21,22,24). The summed E-state index contributed by atoms with van der Waals surface area (Å²) in [6.45, 7) is 2.50. The highest BCUT2D eigenvalue weighted by Crippen LogP contribution is 2.25. The molecule has 4 rings (SSSR count). The Morgan fingerprint density at radius 1 is 1.17 bits per heavy atom. The minimum atomic E-state index is -0.102. The Morgan fingerprint density at radius 2 is 1.96 bits per heavy atom. The van der Waals surface area contributed by atoms with Crippen LogP contribution in [0.4, 0.5) is 0 Å². The lowest BCUT2D eigenvalue weighted by Gasteiger charge is -2.28. The second-order valence-electron chi connectivity index (χ2n) is 6.03. The number of benzene rings is 2. The molecule has 2 heterocycles. The lowest BCUT2D eigenvalue weighted by molar-refractivity contribution is 0.239. The van der Waals surface area contributed by atoms with Gasteiger partial charge in [-0.05, 0) is 45.6 Å². The number of hydrogen-bond acceptors (Lipinski definition) is 3. The van der Waals surface area contributed by atoms with Gasteiger partial charge in [0.25, 0.3) is 5.56 Å². The molecular weight excluding hydrogens is 434 g/mol. The molecule has 122 valence electrons. The van der Waals surface area contributed by atoms with E-state index in [4.69, 9.17) is 0 Å². The maximum Gasteiger partial charge on any atom is 0.258 e. The molecule has 6 heteroatoms. The van der Waals surface area contributed by atoms with Crippen LogP contribution in [-0.2, 0) is 19.5 Å². The number of H-pyrrole nitrogens is 1. The van der Waals surface area contributed by atoms with Gasteiger partial charge in [0.1, 0.15) is 5.82 Å². The van der Waals surface area contributed by atoms with E-state index in [1.54, 1.807) is 6.07 Å². The zero-order chi connectivity index (χ0) is 16.7. The second-order valence-corrected chi connectivity index (χ2v) is 7.80. The molecule has 0 radical (unpaired) electrons. The molecule has 0 atom stereocenters. The van der Waals surface area contributed by atoms with Gasteiger partial charge in [-0.1, -0.05) is 40.2 Å². The third-order valence-corrected chi connectivity index (χ3v) is 5.42. The van der Waals surface area contributed by atoms with E-state index in [-0.39, 0.29) is 5.56 Å². The first-order valence-electron chi connectivity index (χ1n) is 7.77. The molecule has 0 fully saturated rings. The van der Waals surface area contributed by atoms with Crippen LogP contribution in [0, 0.1) is 0 Å². The number of rotatable bonds is 2. The van der Waals surface area contributed by atoms with E-state index < -0.39 is 0 Å². The highest BCUT2D eigenvalue weighted by atomic mass is 79.9. The predicted octanol–water partition coefficient (Wildman–Crippen LogP) is 4.01. The molecule has 0 amide bonds. The van der Waals surface area contributed by atoms with Gasteiger partial charge in [-0.25, -0.2) is 4.98 Å². The van der Waals surface area contributed by atoms with Gasteiger partial charge >= 0.3 is 0 Å². The molecule has 0 saturated carbocycles. The lowest BCUT2D eigenvalue weighted by Crippen LogP contribution is -2.31. The molecule has 0 unspecified atom stereocenters.